The van der Waals surface area contributed by atoms with Crippen LogP contribution in [0.4, 0.5) is 0 Å². The molecule has 20 heavy (non-hydrogen) atoms. The van der Waals surface area contributed by atoms with Crippen molar-refractivity contribution in [1.29, 1.82) is 0 Å². The van der Waals surface area contributed by atoms with Crippen molar-refractivity contribution in [2.75, 3.05) is 6.54 Å². The summed E-state index contributed by atoms with van der Waals surface area (Å²) in [5, 5.41) is 11.9. The molecule has 0 radical (unpaired) electrons. The van der Waals surface area contributed by atoms with Gasteiger partial charge >= 0.3 is 0 Å². The van der Waals surface area contributed by atoms with Crippen LogP contribution in [0.3, 0.4) is 0 Å². The van der Waals surface area contributed by atoms with Gasteiger partial charge in [0.05, 0.1) is 6.04 Å². The monoisotopic (exact) mass is 275 g/mol. The second-order valence-corrected chi connectivity index (χ2v) is 4.53. The van der Waals surface area contributed by atoms with Crippen molar-refractivity contribution in [2.45, 2.75) is 19.4 Å². The summed E-state index contributed by atoms with van der Waals surface area (Å²) in [5.41, 5.74) is 6.86. The average Bonchev–Trinajstić information content (AvgIpc) is 2.91. The first-order chi connectivity index (χ1) is 9.56. The lowest BCUT2D eigenvalue weighted by Crippen LogP contribution is -2.26. The summed E-state index contributed by atoms with van der Waals surface area (Å²) in [5.74, 6) is 0.275. The zero-order valence-electron chi connectivity index (χ0n) is 11.2. The van der Waals surface area contributed by atoms with Crippen molar-refractivity contribution in [3.05, 3.63) is 47.7 Å². The van der Waals surface area contributed by atoms with E-state index in [1.54, 1.807) is 19.1 Å². The van der Waals surface area contributed by atoms with Gasteiger partial charge in [-0.3, -0.25) is 4.79 Å². The van der Waals surface area contributed by atoms with Gasteiger partial charge in [-0.25, -0.2) is 4.98 Å². The number of aromatic hydroxyl groups is 1. The van der Waals surface area contributed by atoms with Gasteiger partial charge in [-0.2, -0.15) is 0 Å². The van der Waals surface area contributed by atoms with Crippen LogP contribution in [0.1, 0.15) is 34.9 Å². The Kier molecular flexibility index (Phi) is 4.37. The Labute approximate surface area is 116 Å². The molecule has 106 valence electrons. The largest absolute Gasteiger partial charge is 0.508 e. The molecule has 6 heteroatoms. The molecular weight excluding hydrogens is 258 g/mol. The first-order valence-electron chi connectivity index (χ1n) is 6.33. The molecule has 2 aromatic rings. The number of oxazole rings is 1. The SMILES string of the molecule is CC(N)c1nc(C(=O)NCCc2ccc(O)cc2)co1. The normalized spacial score (nSPS) is 12.1. The van der Waals surface area contributed by atoms with Crippen molar-refractivity contribution in [1.82, 2.24) is 10.3 Å². The number of rotatable bonds is 5. The fourth-order valence-corrected chi connectivity index (χ4v) is 1.67. The maximum atomic E-state index is 11.8. The summed E-state index contributed by atoms with van der Waals surface area (Å²) in [6, 6.07) is 6.51. The first-order valence-corrected chi connectivity index (χ1v) is 6.33. The molecule has 6 nitrogen and oxygen atoms in total. The highest BCUT2D eigenvalue weighted by Gasteiger charge is 2.13. The predicted octanol–water partition coefficient (Wildman–Crippen LogP) is 1.37. The molecule has 1 unspecified atom stereocenters. The van der Waals surface area contributed by atoms with Crippen LogP contribution in [0.15, 0.2) is 34.9 Å². The van der Waals surface area contributed by atoms with Gasteiger partial charge < -0.3 is 20.6 Å². The van der Waals surface area contributed by atoms with E-state index in [2.05, 4.69) is 10.3 Å². The summed E-state index contributed by atoms with van der Waals surface area (Å²) in [6.45, 7) is 2.21. The molecule has 4 N–H and O–H groups in total. The van der Waals surface area contributed by atoms with E-state index in [9.17, 15) is 4.79 Å². The Morgan fingerprint density at radius 1 is 1.45 bits per heavy atom. The number of amides is 1. The van der Waals surface area contributed by atoms with Gasteiger partial charge in [-0.05, 0) is 31.0 Å². The summed E-state index contributed by atoms with van der Waals surface area (Å²) >= 11 is 0. The molecule has 1 aromatic heterocycles. The van der Waals surface area contributed by atoms with E-state index < -0.39 is 0 Å². The molecule has 0 aliphatic rings. The Morgan fingerprint density at radius 2 is 2.15 bits per heavy atom. The quantitative estimate of drug-likeness (QED) is 0.765. The van der Waals surface area contributed by atoms with E-state index in [-0.39, 0.29) is 23.4 Å². The highest BCUT2D eigenvalue weighted by atomic mass is 16.3. The fraction of sp³-hybridized carbons (Fsp3) is 0.286. The minimum atomic E-state index is -0.339. The van der Waals surface area contributed by atoms with Crippen molar-refractivity contribution < 1.29 is 14.3 Å². The number of phenolic OH excluding ortho intramolecular Hbond substituents is 1. The fourth-order valence-electron chi connectivity index (χ4n) is 1.67. The minimum absolute atomic E-state index is 0.225. The zero-order chi connectivity index (χ0) is 14.5. The third-order valence-corrected chi connectivity index (χ3v) is 2.78. The van der Waals surface area contributed by atoms with Gasteiger partial charge in [0.25, 0.3) is 5.91 Å². The number of carbonyl (C=O) groups excluding carboxylic acids is 1. The number of benzene rings is 1. The molecular formula is C14H17N3O3. The van der Waals surface area contributed by atoms with Crippen LogP contribution in [0.2, 0.25) is 0 Å². The molecule has 1 aromatic carbocycles. The topological polar surface area (TPSA) is 101 Å². The Morgan fingerprint density at radius 3 is 2.75 bits per heavy atom. The van der Waals surface area contributed by atoms with Gasteiger partial charge in [0, 0.05) is 6.54 Å². The van der Waals surface area contributed by atoms with Crippen LogP contribution >= 0.6 is 0 Å². The molecule has 0 aliphatic carbocycles. The molecule has 0 aliphatic heterocycles. The Balaban J connectivity index is 1.84. The van der Waals surface area contributed by atoms with Crippen LogP contribution in [0, 0.1) is 0 Å². The number of nitrogens with zero attached hydrogens (tertiary/aromatic N) is 1. The molecule has 0 saturated carbocycles. The van der Waals surface area contributed by atoms with Crippen molar-refractivity contribution in [3.8, 4) is 5.75 Å². The van der Waals surface area contributed by atoms with Crippen LogP contribution in [-0.4, -0.2) is 22.5 Å². The molecule has 0 bridgehead atoms. The maximum Gasteiger partial charge on any atom is 0.273 e. The summed E-state index contributed by atoms with van der Waals surface area (Å²) in [6.07, 6.45) is 1.97. The number of nitrogens with one attached hydrogen (secondary N) is 1. The van der Waals surface area contributed by atoms with E-state index in [1.807, 2.05) is 12.1 Å². The molecule has 0 spiro atoms. The van der Waals surface area contributed by atoms with E-state index in [1.165, 1.54) is 6.26 Å². The molecule has 1 amide bonds. The smallest absolute Gasteiger partial charge is 0.273 e. The van der Waals surface area contributed by atoms with Gasteiger partial charge in [-0.1, -0.05) is 12.1 Å². The van der Waals surface area contributed by atoms with Crippen LogP contribution in [0.5, 0.6) is 5.75 Å². The number of hydrogen-bond acceptors (Lipinski definition) is 5. The Hall–Kier alpha value is -2.34. The molecule has 2 rings (SSSR count). The molecule has 0 saturated heterocycles. The number of aromatic nitrogens is 1. The van der Waals surface area contributed by atoms with Crippen LogP contribution in [0.25, 0.3) is 0 Å². The summed E-state index contributed by atoms with van der Waals surface area (Å²) in [7, 11) is 0. The lowest BCUT2D eigenvalue weighted by Gasteiger charge is -2.03. The average molecular weight is 275 g/mol. The van der Waals surface area contributed by atoms with Crippen molar-refractivity contribution in [3.63, 3.8) is 0 Å². The number of hydrogen-bond donors (Lipinski definition) is 3. The minimum Gasteiger partial charge on any atom is -0.508 e. The second kappa shape index (κ2) is 6.21. The number of carbonyl (C=O) groups is 1. The predicted molar refractivity (Wildman–Crippen MR) is 73.2 cm³/mol. The summed E-state index contributed by atoms with van der Waals surface area (Å²) in [4.78, 5) is 15.8. The maximum absolute atomic E-state index is 11.8. The van der Waals surface area contributed by atoms with Gasteiger partial charge in [-0.15, -0.1) is 0 Å². The zero-order valence-corrected chi connectivity index (χ0v) is 11.2. The summed E-state index contributed by atoms with van der Waals surface area (Å²) < 4.78 is 5.10. The number of nitrogens with two attached hydrogens (primary N) is 1. The van der Waals surface area contributed by atoms with Gasteiger partial charge in [0.1, 0.15) is 12.0 Å². The second-order valence-electron chi connectivity index (χ2n) is 4.53. The molecule has 1 atom stereocenters. The van der Waals surface area contributed by atoms with Gasteiger partial charge in [0.2, 0.25) is 5.89 Å². The lowest BCUT2D eigenvalue weighted by molar-refractivity contribution is 0.0949. The molecule has 1 heterocycles. The van der Waals surface area contributed by atoms with Gasteiger partial charge in [0.15, 0.2) is 5.69 Å². The van der Waals surface area contributed by atoms with E-state index in [0.717, 1.165) is 5.56 Å². The van der Waals surface area contributed by atoms with Crippen molar-refractivity contribution >= 4 is 5.91 Å². The first kappa shape index (κ1) is 14.1. The van der Waals surface area contributed by atoms with E-state index >= 15 is 0 Å². The van der Waals surface area contributed by atoms with Crippen molar-refractivity contribution in [2.24, 2.45) is 5.73 Å². The standard InChI is InChI=1S/C14H17N3O3/c1-9(15)14-17-12(8-20-14)13(19)16-7-6-10-2-4-11(18)5-3-10/h2-5,8-9,18H,6-7,15H2,1H3,(H,16,19). The lowest BCUT2D eigenvalue weighted by atomic mass is 10.1. The van der Waals surface area contributed by atoms with Crippen LogP contribution in [-0.2, 0) is 6.42 Å². The van der Waals surface area contributed by atoms with E-state index in [4.69, 9.17) is 15.3 Å². The van der Waals surface area contributed by atoms with E-state index in [0.29, 0.717) is 18.9 Å². The number of phenols is 1. The third kappa shape index (κ3) is 3.58. The Bertz CT molecular complexity index is 576. The van der Waals surface area contributed by atoms with Crippen LogP contribution < -0.4 is 11.1 Å². The third-order valence-electron chi connectivity index (χ3n) is 2.78. The highest BCUT2D eigenvalue weighted by Crippen LogP contribution is 2.10. The highest BCUT2D eigenvalue weighted by molar-refractivity contribution is 5.91. The molecule has 0 fully saturated rings.